The average Bonchev–Trinajstić information content (AvgIpc) is 2.76. The highest BCUT2D eigenvalue weighted by Crippen LogP contribution is 2.19. The molecule has 0 saturated heterocycles. The molecular weight excluding hydrogens is 232 g/mol. The van der Waals surface area contributed by atoms with Gasteiger partial charge in [-0.3, -0.25) is 0 Å². The van der Waals surface area contributed by atoms with E-state index < -0.39 is 0 Å². The summed E-state index contributed by atoms with van der Waals surface area (Å²) < 4.78 is 2.32. The molecule has 2 nitrogen and oxygen atoms in total. The van der Waals surface area contributed by atoms with Crippen LogP contribution in [0.15, 0.2) is 42.6 Å². The van der Waals surface area contributed by atoms with Gasteiger partial charge in [-0.05, 0) is 36.4 Å². The van der Waals surface area contributed by atoms with E-state index in [1.165, 1.54) is 22.0 Å². The summed E-state index contributed by atoms with van der Waals surface area (Å²) in [7, 11) is 0. The minimum Gasteiger partial charge on any atom is -0.347 e. The molecule has 19 heavy (non-hydrogen) atoms. The number of nitrogens with zero attached hydrogens (tertiary/aromatic N) is 1. The smallest absolute Gasteiger partial charge is 0.0483 e. The van der Waals surface area contributed by atoms with Crippen molar-refractivity contribution in [3.05, 3.63) is 48.2 Å². The lowest BCUT2D eigenvalue weighted by atomic mass is 10.1. The molecule has 0 saturated carbocycles. The van der Waals surface area contributed by atoms with Crippen molar-refractivity contribution in [3.8, 4) is 0 Å². The lowest BCUT2D eigenvalue weighted by Crippen LogP contribution is -2.21. The molecule has 0 spiro atoms. The Kier molecular flexibility index (Phi) is 4.43. The second kappa shape index (κ2) is 6.07. The first-order valence-corrected chi connectivity index (χ1v) is 7.02. The van der Waals surface area contributed by atoms with Gasteiger partial charge in [0.25, 0.3) is 0 Å². The maximum absolute atomic E-state index is 3.98. The van der Waals surface area contributed by atoms with Gasteiger partial charge in [-0.15, -0.1) is 6.58 Å². The molecule has 0 unspecified atom stereocenters. The zero-order valence-corrected chi connectivity index (χ0v) is 12.2. The summed E-state index contributed by atoms with van der Waals surface area (Å²) in [5.74, 6) is 0. The molecule has 1 aromatic carbocycles. The summed E-state index contributed by atoms with van der Waals surface area (Å²) >= 11 is 0. The number of allylic oxidation sites excluding steroid dienone is 1. The van der Waals surface area contributed by atoms with Crippen LogP contribution < -0.4 is 5.32 Å². The van der Waals surface area contributed by atoms with Crippen molar-refractivity contribution in [1.82, 2.24) is 9.88 Å². The molecule has 2 heteroatoms. The lowest BCUT2D eigenvalue weighted by molar-refractivity contribution is 0.589. The molecular formula is C17H24N2. The third kappa shape index (κ3) is 3.71. The van der Waals surface area contributed by atoms with E-state index in [0.29, 0.717) is 6.04 Å². The minimum atomic E-state index is 0.519. The topological polar surface area (TPSA) is 17.0 Å². The first-order valence-electron chi connectivity index (χ1n) is 7.02. The number of rotatable bonds is 6. The molecule has 0 aliphatic carbocycles. The predicted molar refractivity (Wildman–Crippen MR) is 83.3 cm³/mol. The molecule has 2 rings (SSSR count). The fourth-order valence-electron chi connectivity index (χ4n) is 2.17. The van der Waals surface area contributed by atoms with Crippen LogP contribution in [0.5, 0.6) is 0 Å². The van der Waals surface area contributed by atoms with E-state index in [1.807, 2.05) is 0 Å². The van der Waals surface area contributed by atoms with Crippen LogP contribution in [0, 0.1) is 0 Å². The van der Waals surface area contributed by atoms with Crippen LogP contribution in [0.2, 0.25) is 0 Å². The van der Waals surface area contributed by atoms with Gasteiger partial charge in [0, 0.05) is 30.8 Å². The largest absolute Gasteiger partial charge is 0.347 e. The van der Waals surface area contributed by atoms with Gasteiger partial charge in [0.05, 0.1) is 0 Å². The SMILES string of the molecule is C=C(C)CCn1ccc2ccc(CNC(C)C)cc21. The van der Waals surface area contributed by atoms with Crippen LogP contribution in [0.4, 0.5) is 0 Å². The number of nitrogens with one attached hydrogen (secondary N) is 1. The van der Waals surface area contributed by atoms with Crippen molar-refractivity contribution >= 4 is 10.9 Å². The molecule has 2 aromatic rings. The number of aryl methyl sites for hydroxylation is 1. The zero-order chi connectivity index (χ0) is 13.8. The molecule has 0 radical (unpaired) electrons. The average molecular weight is 256 g/mol. The molecule has 0 fully saturated rings. The van der Waals surface area contributed by atoms with Gasteiger partial charge < -0.3 is 9.88 Å². The van der Waals surface area contributed by atoms with E-state index in [0.717, 1.165) is 19.5 Å². The summed E-state index contributed by atoms with van der Waals surface area (Å²) in [5.41, 5.74) is 3.90. The summed E-state index contributed by atoms with van der Waals surface area (Å²) in [6.45, 7) is 12.4. The second-order valence-corrected chi connectivity index (χ2v) is 5.65. The highest BCUT2D eigenvalue weighted by Gasteiger charge is 2.03. The van der Waals surface area contributed by atoms with Gasteiger partial charge in [-0.25, -0.2) is 0 Å². The van der Waals surface area contributed by atoms with Crippen molar-refractivity contribution in [2.45, 2.75) is 46.3 Å². The van der Waals surface area contributed by atoms with Gasteiger partial charge in [-0.1, -0.05) is 31.6 Å². The van der Waals surface area contributed by atoms with Crippen molar-refractivity contribution < 1.29 is 0 Å². The predicted octanol–water partition coefficient (Wildman–Crippen LogP) is 4.11. The normalized spacial score (nSPS) is 11.4. The first-order chi connectivity index (χ1) is 9.06. The van der Waals surface area contributed by atoms with Gasteiger partial charge >= 0.3 is 0 Å². The Hall–Kier alpha value is -1.54. The van der Waals surface area contributed by atoms with Crippen LogP contribution >= 0.6 is 0 Å². The van der Waals surface area contributed by atoms with Crippen LogP contribution in [0.3, 0.4) is 0 Å². The number of benzene rings is 1. The molecule has 0 amide bonds. The fourth-order valence-corrected chi connectivity index (χ4v) is 2.17. The highest BCUT2D eigenvalue weighted by molar-refractivity contribution is 5.80. The Balaban J connectivity index is 2.19. The first kappa shape index (κ1) is 13.9. The van der Waals surface area contributed by atoms with Gasteiger partial charge in [0.2, 0.25) is 0 Å². The van der Waals surface area contributed by atoms with E-state index in [2.05, 4.69) is 67.7 Å². The summed E-state index contributed by atoms with van der Waals surface area (Å²) in [5, 5.41) is 4.78. The summed E-state index contributed by atoms with van der Waals surface area (Å²) in [4.78, 5) is 0. The molecule has 0 aliphatic heterocycles. The second-order valence-electron chi connectivity index (χ2n) is 5.65. The van der Waals surface area contributed by atoms with Crippen LogP contribution in [0.25, 0.3) is 10.9 Å². The van der Waals surface area contributed by atoms with Gasteiger partial charge in [-0.2, -0.15) is 0 Å². The molecule has 0 atom stereocenters. The van der Waals surface area contributed by atoms with Crippen molar-refractivity contribution in [3.63, 3.8) is 0 Å². The zero-order valence-electron chi connectivity index (χ0n) is 12.2. The maximum Gasteiger partial charge on any atom is 0.0483 e. The number of hydrogen-bond acceptors (Lipinski definition) is 1. The molecule has 1 aromatic heterocycles. The Morgan fingerprint density at radius 3 is 2.79 bits per heavy atom. The molecule has 1 heterocycles. The highest BCUT2D eigenvalue weighted by atomic mass is 14.9. The van der Waals surface area contributed by atoms with E-state index >= 15 is 0 Å². The van der Waals surface area contributed by atoms with Gasteiger partial charge in [0.1, 0.15) is 0 Å². The summed E-state index contributed by atoms with van der Waals surface area (Å²) in [6.07, 6.45) is 3.21. The summed E-state index contributed by atoms with van der Waals surface area (Å²) in [6, 6.07) is 9.42. The minimum absolute atomic E-state index is 0.519. The lowest BCUT2D eigenvalue weighted by Gasteiger charge is -2.10. The fraction of sp³-hybridized carbons (Fsp3) is 0.412. The van der Waals surface area contributed by atoms with Gasteiger partial charge in [0.15, 0.2) is 0 Å². The standard InChI is InChI=1S/C17H24N2/c1-13(2)7-9-19-10-8-16-6-5-15(11-17(16)19)12-18-14(3)4/h5-6,8,10-11,14,18H,1,7,9,12H2,2-4H3. The van der Waals surface area contributed by atoms with Crippen LogP contribution in [-0.4, -0.2) is 10.6 Å². The molecule has 1 N–H and O–H groups in total. The van der Waals surface area contributed by atoms with E-state index in [1.54, 1.807) is 0 Å². The Morgan fingerprint density at radius 1 is 1.32 bits per heavy atom. The Bertz CT molecular complexity index is 564. The third-order valence-corrected chi connectivity index (χ3v) is 3.33. The molecule has 102 valence electrons. The third-order valence-electron chi connectivity index (χ3n) is 3.33. The Morgan fingerprint density at radius 2 is 2.11 bits per heavy atom. The van der Waals surface area contributed by atoms with Crippen molar-refractivity contribution in [2.75, 3.05) is 0 Å². The Labute approximate surface area is 116 Å². The maximum atomic E-state index is 3.98. The number of fused-ring (bicyclic) bond motifs is 1. The van der Waals surface area contributed by atoms with Crippen molar-refractivity contribution in [1.29, 1.82) is 0 Å². The van der Waals surface area contributed by atoms with E-state index in [-0.39, 0.29) is 0 Å². The number of aromatic nitrogens is 1. The molecule has 0 aliphatic rings. The monoisotopic (exact) mass is 256 g/mol. The van der Waals surface area contributed by atoms with E-state index in [9.17, 15) is 0 Å². The van der Waals surface area contributed by atoms with Crippen LogP contribution in [-0.2, 0) is 13.1 Å². The van der Waals surface area contributed by atoms with E-state index in [4.69, 9.17) is 0 Å². The molecule has 0 bridgehead atoms. The number of hydrogen-bond donors (Lipinski definition) is 1. The van der Waals surface area contributed by atoms with Crippen LogP contribution in [0.1, 0.15) is 32.8 Å². The van der Waals surface area contributed by atoms with Crippen molar-refractivity contribution in [2.24, 2.45) is 0 Å². The quantitative estimate of drug-likeness (QED) is 0.770.